The van der Waals surface area contributed by atoms with E-state index in [-0.39, 0.29) is 5.75 Å². The maximum absolute atomic E-state index is 12.2. The van der Waals surface area contributed by atoms with Crippen molar-refractivity contribution in [1.82, 2.24) is 15.2 Å². The highest BCUT2D eigenvalue weighted by atomic mass is 32.2. The molecule has 1 saturated heterocycles. The Bertz CT molecular complexity index is 888. The lowest BCUT2D eigenvalue weighted by molar-refractivity contribution is 0.353. The summed E-state index contributed by atoms with van der Waals surface area (Å²) >= 11 is 0. The molecule has 8 heteroatoms. The third-order valence-electron chi connectivity index (χ3n) is 4.55. The molecule has 0 saturated carbocycles. The van der Waals surface area contributed by atoms with E-state index in [0.717, 1.165) is 11.3 Å². The summed E-state index contributed by atoms with van der Waals surface area (Å²) in [6, 6.07) is 9.70. The average molecular weight is 376 g/mol. The number of aromatic nitrogens is 1. The number of nitrogens with one attached hydrogen (secondary N) is 1. The van der Waals surface area contributed by atoms with E-state index >= 15 is 0 Å². The van der Waals surface area contributed by atoms with Gasteiger partial charge in [0.2, 0.25) is 5.89 Å². The molecular formula is C18H24N4O3S. The van der Waals surface area contributed by atoms with Gasteiger partial charge in [-0.25, -0.2) is 13.4 Å². The van der Waals surface area contributed by atoms with Crippen LogP contribution in [0, 0.1) is 0 Å². The molecule has 0 amide bonds. The van der Waals surface area contributed by atoms with Crippen LogP contribution in [0.25, 0.3) is 11.5 Å². The van der Waals surface area contributed by atoms with Crippen LogP contribution in [0.4, 0.5) is 0 Å². The molecule has 1 aromatic heterocycles. The van der Waals surface area contributed by atoms with Gasteiger partial charge in [-0.3, -0.25) is 4.99 Å². The van der Waals surface area contributed by atoms with Crippen LogP contribution in [0.5, 0.6) is 0 Å². The first-order chi connectivity index (χ1) is 12.3. The predicted octanol–water partition coefficient (Wildman–Crippen LogP) is 1.93. The summed E-state index contributed by atoms with van der Waals surface area (Å²) in [5.74, 6) is 1.36. The quantitative estimate of drug-likeness (QED) is 0.650. The topological polar surface area (TPSA) is 87.8 Å². The van der Waals surface area contributed by atoms with Crippen LogP contribution in [-0.4, -0.2) is 54.9 Å². The minimum atomic E-state index is -3.08. The molecule has 1 N–H and O–H groups in total. The molecule has 3 rings (SSSR count). The van der Waals surface area contributed by atoms with Gasteiger partial charge in [0.1, 0.15) is 6.26 Å². The molecule has 0 atom stereocenters. The summed E-state index contributed by atoms with van der Waals surface area (Å²) in [4.78, 5) is 10.7. The van der Waals surface area contributed by atoms with Crippen LogP contribution in [0.2, 0.25) is 0 Å². The van der Waals surface area contributed by atoms with Crippen molar-refractivity contribution < 1.29 is 12.8 Å². The number of rotatable bonds is 3. The highest BCUT2D eigenvalue weighted by molar-refractivity contribution is 7.92. The van der Waals surface area contributed by atoms with Gasteiger partial charge in [-0.2, -0.15) is 0 Å². The fourth-order valence-electron chi connectivity index (χ4n) is 2.93. The van der Waals surface area contributed by atoms with Crippen LogP contribution >= 0.6 is 0 Å². The molecule has 26 heavy (non-hydrogen) atoms. The Hall–Kier alpha value is -2.35. The number of oxazole rings is 1. The van der Waals surface area contributed by atoms with E-state index in [1.165, 1.54) is 0 Å². The van der Waals surface area contributed by atoms with Crippen molar-refractivity contribution >= 4 is 15.8 Å². The van der Waals surface area contributed by atoms with E-state index in [4.69, 9.17) is 4.42 Å². The Labute approximate surface area is 154 Å². The van der Waals surface area contributed by atoms with E-state index in [1.807, 2.05) is 35.2 Å². The van der Waals surface area contributed by atoms with Gasteiger partial charge in [0.05, 0.1) is 22.7 Å². The summed E-state index contributed by atoms with van der Waals surface area (Å²) in [6.07, 6.45) is 1.62. The van der Waals surface area contributed by atoms with Crippen LogP contribution in [-0.2, 0) is 16.4 Å². The summed E-state index contributed by atoms with van der Waals surface area (Å²) in [7, 11) is -1.39. The lowest BCUT2D eigenvalue weighted by Crippen LogP contribution is -2.57. The molecule has 0 aliphatic carbocycles. The van der Waals surface area contributed by atoms with E-state index in [1.54, 1.807) is 27.2 Å². The van der Waals surface area contributed by atoms with Gasteiger partial charge in [-0.15, -0.1) is 0 Å². The molecule has 1 aliphatic heterocycles. The fraction of sp³-hybridized carbons (Fsp3) is 0.444. The van der Waals surface area contributed by atoms with Crippen molar-refractivity contribution in [3.05, 3.63) is 42.3 Å². The predicted molar refractivity (Wildman–Crippen MR) is 102 cm³/mol. The SMILES string of the molecule is CN=C(NCc1coc(-c2ccccc2)n1)N1CCS(=O)(=O)C(C)(C)C1. The monoisotopic (exact) mass is 376 g/mol. The Balaban J connectivity index is 1.65. The molecule has 1 fully saturated rings. The van der Waals surface area contributed by atoms with Gasteiger partial charge in [-0.1, -0.05) is 18.2 Å². The molecule has 2 aromatic rings. The van der Waals surface area contributed by atoms with Crippen molar-refractivity contribution in [3.63, 3.8) is 0 Å². The zero-order valence-corrected chi connectivity index (χ0v) is 16.1. The van der Waals surface area contributed by atoms with Crippen molar-refractivity contribution in [2.45, 2.75) is 25.1 Å². The maximum atomic E-state index is 12.2. The molecule has 140 valence electrons. The zero-order valence-electron chi connectivity index (χ0n) is 15.3. The average Bonchev–Trinajstić information content (AvgIpc) is 3.08. The Morgan fingerprint density at radius 3 is 2.73 bits per heavy atom. The molecule has 0 spiro atoms. The molecule has 0 unspecified atom stereocenters. The second kappa shape index (κ2) is 7.11. The third kappa shape index (κ3) is 3.75. The lowest BCUT2D eigenvalue weighted by atomic mass is 10.2. The number of guanidine groups is 1. The van der Waals surface area contributed by atoms with Gasteiger partial charge in [0.15, 0.2) is 15.8 Å². The molecule has 0 bridgehead atoms. The van der Waals surface area contributed by atoms with Crippen molar-refractivity contribution in [2.75, 3.05) is 25.9 Å². The van der Waals surface area contributed by atoms with Gasteiger partial charge in [0.25, 0.3) is 0 Å². The van der Waals surface area contributed by atoms with Crippen LogP contribution in [0.15, 0.2) is 46.0 Å². The van der Waals surface area contributed by atoms with E-state index in [9.17, 15) is 8.42 Å². The van der Waals surface area contributed by atoms with Crippen molar-refractivity contribution in [3.8, 4) is 11.5 Å². The highest BCUT2D eigenvalue weighted by Gasteiger charge is 2.40. The molecule has 7 nitrogen and oxygen atoms in total. The minimum Gasteiger partial charge on any atom is -0.444 e. The number of hydrogen-bond acceptors (Lipinski definition) is 5. The second-order valence-electron chi connectivity index (χ2n) is 6.91. The first-order valence-electron chi connectivity index (χ1n) is 8.50. The highest BCUT2D eigenvalue weighted by Crippen LogP contribution is 2.24. The van der Waals surface area contributed by atoms with E-state index in [2.05, 4.69) is 15.3 Å². The standard InChI is InChI=1S/C18H24N4O3S/c1-18(2)13-22(9-10-26(18,23)24)17(19-3)20-11-15-12-25-16(21-15)14-7-5-4-6-8-14/h4-8,12H,9-11,13H2,1-3H3,(H,19,20). The normalized spacial score (nSPS) is 19.3. The maximum Gasteiger partial charge on any atom is 0.226 e. The van der Waals surface area contributed by atoms with Crippen LogP contribution in [0.1, 0.15) is 19.5 Å². The Kier molecular flexibility index (Phi) is 5.04. The third-order valence-corrected chi connectivity index (χ3v) is 7.09. The molecule has 0 radical (unpaired) electrons. The fourth-order valence-corrected chi connectivity index (χ4v) is 4.29. The number of nitrogens with zero attached hydrogens (tertiary/aromatic N) is 3. The van der Waals surface area contributed by atoms with Gasteiger partial charge in [-0.05, 0) is 26.0 Å². The lowest BCUT2D eigenvalue weighted by Gasteiger charge is -2.39. The summed E-state index contributed by atoms with van der Waals surface area (Å²) in [5, 5.41) is 3.24. The van der Waals surface area contributed by atoms with E-state index in [0.29, 0.717) is 31.5 Å². The summed E-state index contributed by atoms with van der Waals surface area (Å²) < 4.78 is 29.1. The van der Waals surface area contributed by atoms with Gasteiger partial charge < -0.3 is 14.6 Å². The smallest absolute Gasteiger partial charge is 0.226 e. The number of benzene rings is 1. The largest absolute Gasteiger partial charge is 0.444 e. The number of sulfone groups is 1. The first-order valence-corrected chi connectivity index (χ1v) is 10.2. The summed E-state index contributed by atoms with van der Waals surface area (Å²) in [5.41, 5.74) is 1.68. The van der Waals surface area contributed by atoms with Crippen molar-refractivity contribution in [2.24, 2.45) is 4.99 Å². The van der Waals surface area contributed by atoms with Crippen LogP contribution < -0.4 is 5.32 Å². The minimum absolute atomic E-state index is 0.128. The molecule has 1 aromatic carbocycles. The van der Waals surface area contributed by atoms with Crippen LogP contribution in [0.3, 0.4) is 0 Å². The first kappa shape index (κ1) is 18.4. The molecule has 2 heterocycles. The van der Waals surface area contributed by atoms with Gasteiger partial charge in [0, 0.05) is 25.7 Å². The number of hydrogen-bond donors (Lipinski definition) is 1. The molecular weight excluding hydrogens is 352 g/mol. The Morgan fingerprint density at radius 2 is 2.08 bits per heavy atom. The Morgan fingerprint density at radius 1 is 1.35 bits per heavy atom. The second-order valence-corrected chi connectivity index (χ2v) is 9.65. The van der Waals surface area contributed by atoms with E-state index < -0.39 is 14.6 Å². The zero-order chi connectivity index (χ0) is 18.8. The number of aliphatic imine (C=N–C) groups is 1. The van der Waals surface area contributed by atoms with Gasteiger partial charge >= 0.3 is 0 Å². The van der Waals surface area contributed by atoms with Crippen molar-refractivity contribution in [1.29, 1.82) is 0 Å². The molecule has 1 aliphatic rings. The summed E-state index contributed by atoms with van der Waals surface area (Å²) in [6.45, 7) is 4.80.